The summed E-state index contributed by atoms with van der Waals surface area (Å²) in [5, 5.41) is 0.578. The van der Waals surface area contributed by atoms with E-state index in [1.54, 1.807) is 62.4 Å². The van der Waals surface area contributed by atoms with Gasteiger partial charge < -0.3 is 9.47 Å². The summed E-state index contributed by atoms with van der Waals surface area (Å²) in [6, 6.07) is 15.3. The molecule has 2 aromatic rings. The Kier molecular flexibility index (Phi) is 5.77. The van der Waals surface area contributed by atoms with Gasteiger partial charge in [0.15, 0.2) is 12.2 Å². The largest absolute Gasteiger partial charge is 0.479 e. The van der Waals surface area contributed by atoms with Crippen LogP contribution in [0.2, 0.25) is 5.02 Å². The summed E-state index contributed by atoms with van der Waals surface area (Å²) in [6.07, 6.45) is -1.71. The Labute approximate surface area is 140 Å². The van der Waals surface area contributed by atoms with E-state index in [0.717, 1.165) is 0 Å². The number of hydrogen-bond acceptors (Lipinski definition) is 4. The predicted molar refractivity (Wildman–Crippen MR) is 87.9 cm³/mol. The average Bonchev–Trinajstić information content (AvgIpc) is 2.56. The first-order valence-electron chi connectivity index (χ1n) is 7.19. The lowest BCUT2D eigenvalue weighted by molar-refractivity contribution is -0.153. The first-order chi connectivity index (χ1) is 11.0. The maximum Gasteiger partial charge on any atom is 0.347 e. The van der Waals surface area contributed by atoms with E-state index in [9.17, 15) is 9.59 Å². The highest BCUT2D eigenvalue weighted by Crippen LogP contribution is 2.17. The summed E-state index contributed by atoms with van der Waals surface area (Å²) in [7, 11) is 0. The fourth-order valence-corrected chi connectivity index (χ4v) is 2.05. The van der Waals surface area contributed by atoms with Gasteiger partial charge in [-0.1, -0.05) is 41.9 Å². The van der Waals surface area contributed by atoms with Crippen LogP contribution in [0.5, 0.6) is 5.75 Å². The minimum absolute atomic E-state index is 0.252. The molecule has 0 N–H and O–H groups in total. The molecule has 0 aliphatic rings. The molecule has 2 aromatic carbocycles. The van der Waals surface area contributed by atoms with Crippen LogP contribution in [-0.4, -0.2) is 24.0 Å². The van der Waals surface area contributed by atoms with Crippen molar-refractivity contribution in [3.05, 3.63) is 65.2 Å². The minimum Gasteiger partial charge on any atom is -0.479 e. The van der Waals surface area contributed by atoms with E-state index in [1.807, 2.05) is 6.07 Å². The van der Waals surface area contributed by atoms with E-state index in [-0.39, 0.29) is 5.78 Å². The molecule has 0 heterocycles. The van der Waals surface area contributed by atoms with E-state index in [1.165, 1.54) is 0 Å². The number of esters is 1. The van der Waals surface area contributed by atoms with Crippen molar-refractivity contribution in [2.45, 2.75) is 26.1 Å². The molecule has 0 amide bonds. The van der Waals surface area contributed by atoms with Gasteiger partial charge in [0.1, 0.15) is 5.75 Å². The molecule has 2 atom stereocenters. The molecule has 2 rings (SSSR count). The number of Topliss-reactive ketones (excluding diaryl/α,β-unsaturated/α-hetero) is 1. The first-order valence-corrected chi connectivity index (χ1v) is 7.57. The average molecular weight is 333 g/mol. The predicted octanol–water partition coefficient (Wildman–Crippen LogP) is 3.92. The second kappa shape index (κ2) is 7.79. The molecular weight excluding hydrogens is 316 g/mol. The molecule has 5 heteroatoms. The molecule has 4 nitrogen and oxygen atoms in total. The molecular formula is C18H17ClO4. The highest BCUT2D eigenvalue weighted by molar-refractivity contribution is 6.30. The monoisotopic (exact) mass is 332 g/mol. The van der Waals surface area contributed by atoms with Gasteiger partial charge in [-0.3, -0.25) is 4.79 Å². The van der Waals surface area contributed by atoms with Gasteiger partial charge in [-0.2, -0.15) is 0 Å². The number of halogens is 1. The zero-order chi connectivity index (χ0) is 16.8. The second-order valence-electron chi connectivity index (χ2n) is 5.02. The smallest absolute Gasteiger partial charge is 0.347 e. The first kappa shape index (κ1) is 17.0. The molecule has 0 aromatic heterocycles. The van der Waals surface area contributed by atoms with E-state index in [4.69, 9.17) is 21.1 Å². The van der Waals surface area contributed by atoms with Gasteiger partial charge >= 0.3 is 5.97 Å². The molecule has 0 bridgehead atoms. The van der Waals surface area contributed by atoms with Crippen LogP contribution in [0.3, 0.4) is 0 Å². The molecule has 0 spiro atoms. The number of rotatable bonds is 6. The number of benzene rings is 2. The third-order valence-corrected chi connectivity index (χ3v) is 3.43. The topological polar surface area (TPSA) is 52.6 Å². The molecule has 0 saturated heterocycles. The van der Waals surface area contributed by atoms with Crippen LogP contribution < -0.4 is 4.74 Å². The van der Waals surface area contributed by atoms with Crippen LogP contribution in [0.15, 0.2) is 54.6 Å². The Morgan fingerprint density at radius 1 is 0.913 bits per heavy atom. The summed E-state index contributed by atoms with van der Waals surface area (Å²) >= 11 is 5.79. The van der Waals surface area contributed by atoms with Gasteiger partial charge in [0.05, 0.1) is 0 Å². The normalized spacial score (nSPS) is 13.0. The lowest BCUT2D eigenvalue weighted by Gasteiger charge is -2.17. The van der Waals surface area contributed by atoms with Crippen molar-refractivity contribution in [1.82, 2.24) is 0 Å². The lowest BCUT2D eigenvalue weighted by atomic mass is 10.1. The highest BCUT2D eigenvalue weighted by atomic mass is 35.5. The Morgan fingerprint density at radius 2 is 1.52 bits per heavy atom. The van der Waals surface area contributed by atoms with Crippen LogP contribution in [0, 0.1) is 0 Å². The van der Waals surface area contributed by atoms with Crippen molar-refractivity contribution in [3.8, 4) is 5.75 Å². The summed E-state index contributed by atoms with van der Waals surface area (Å²) in [6.45, 7) is 3.11. The standard InChI is InChI=1S/C18H17ClO4/c1-12(17(20)14-6-4-3-5-7-14)23-18(21)13(2)22-16-10-8-15(19)9-11-16/h3-13H,1-2H3/t12-,13-/m1/s1. The quantitative estimate of drug-likeness (QED) is 0.594. The molecule has 0 aliphatic heterocycles. The minimum atomic E-state index is -0.874. The number of carbonyl (C=O) groups is 2. The van der Waals surface area contributed by atoms with Crippen LogP contribution in [0.4, 0.5) is 0 Å². The Hall–Kier alpha value is -2.33. The van der Waals surface area contributed by atoms with Crippen LogP contribution in [0.1, 0.15) is 24.2 Å². The fourth-order valence-electron chi connectivity index (χ4n) is 1.93. The van der Waals surface area contributed by atoms with Gasteiger partial charge in [0, 0.05) is 10.6 Å². The van der Waals surface area contributed by atoms with Crippen molar-refractivity contribution in [3.63, 3.8) is 0 Å². The van der Waals surface area contributed by atoms with Crippen LogP contribution in [0.25, 0.3) is 0 Å². The summed E-state index contributed by atoms with van der Waals surface area (Å²) in [4.78, 5) is 24.2. The molecule has 0 saturated carbocycles. The van der Waals surface area contributed by atoms with Crippen molar-refractivity contribution >= 4 is 23.4 Å². The van der Waals surface area contributed by atoms with Crippen molar-refractivity contribution in [2.75, 3.05) is 0 Å². The SMILES string of the molecule is C[C@@H](Oc1ccc(Cl)cc1)C(=O)O[C@H](C)C(=O)c1ccccc1. The zero-order valence-corrected chi connectivity index (χ0v) is 13.6. The van der Waals surface area contributed by atoms with Crippen molar-refractivity contribution < 1.29 is 19.1 Å². The Balaban J connectivity index is 1.92. The van der Waals surface area contributed by atoms with Gasteiger partial charge in [-0.25, -0.2) is 4.79 Å². The molecule has 0 radical (unpaired) electrons. The van der Waals surface area contributed by atoms with Gasteiger partial charge in [-0.05, 0) is 38.1 Å². The van der Waals surface area contributed by atoms with Crippen molar-refractivity contribution in [2.24, 2.45) is 0 Å². The van der Waals surface area contributed by atoms with Crippen LogP contribution >= 0.6 is 11.6 Å². The van der Waals surface area contributed by atoms with Gasteiger partial charge in [-0.15, -0.1) is 0 Å². The number of hydrogen-bond donors (Lipinski definition) is 0. The van der Waals surface area contributed by atoms with Gasteiger partial charge in [0.25, 0.3) is 0 Å². The molecule has 23 heavy (non-hydrogen) atoms. The zero-order valence-electron chi connectivity index (χ0n) is 12.9. The summed E-state index contributed by atoms with van der Waals surface area (Å²) in [5.41, 5.74) is 0.499. The summed E-state index contributed by atoms with van der Waals surface area (Å²) < 4.78 is 10.7. The van der Waals surface area contributed by atoms with Gasteiger partial charge in [0.2, 0.25) is 5.78 Å². The maximum atomic E-state index is 12.2. The third kappa shape index (κ3) is 4.83. The van der Waals surface area contributed by atoms with E-state index >= 15 is 0 Å². The lowest BCUT2D eigenvalue weighted by Crippen LogP contribution is -2.32. The second-order valence-corrected chi connectivity index (χ2v) is 5.46. The molecule has 0 fully saturated rings. The highest BCUT2D eigenvalue weighted by Gasteiger charge is 2.23. The molecule has 120 valence electrons. The number of carbonyl (C=O) groups excluding carboxylic acids is 2. The number of ether oxygens (including phenoxy) is 2. The fraction of sp³-hybridized carbons (Fsp3) is 0.222. The van der Waals surface area contributed by atoms with E-state index < -0.39 is 18.2 Å². The maximum absolute atomic E-state index is 12.2. The molecule has 0 unspecified atom stereocenters. The Morgan fingerprint density at radius 3 is 2.13 bits per heavy atom. The van der Waals surface area contributed by atoms with Crippen LogP contribution in [-0.2, 0) is 9.53 Å². The third-order valence-electron chi connectivity index (χ3n) is 3.18. The van der Waals surface area contributed by atoms with Crippen molar-refractivity contribution in [1.29, 1.82) is 0 Å². The molecule has 0 aliphatic carbocycles. The number of ketones is 1. The van der Waals surface area contributed by atoms with E-state index in [2.05, 4.69) is 0 Å². The summed E-state index contributed by atoms with van der Waals surface area (Å²) in [5.74, 6) is -0.352. The van der Waals surface area contributed by atoms with E-state index in [0.29, 0.717) is 16.3 Å². The Bertz CT molecular complexity index is 667.